The molecule has 0 atom stereocenters. The molecule has 0 saturated heterocycles. The number of rotatable bonds is 3. The fraction of sp³-hybridized carbons (Fsp3) is 0.900. The molecule has 0 bridgehead atoms. The molecule has 1 N–H and O–H groups in total. The van der Waals surface area contributed by atoms with Gasteiger partial charge in [-0.2, -0.15) is 0 Å². The molecule has 3 nitrogen and oxygen atoms in total. The summed E-state index contributed by atoms with van der Waals surface area (Å²) in [6.45, 7) is 1.08. The zero-order valence-corrected chi connectivity index (χ0v) is 8.51. The molecule has 0 radical (unpaired) electrons. The van der Waals surface area contributed by atoms with Crippen LogP contribution in [0.4, 0.5) is 0 Å². The standard InChI is InChI=1S/C10H19NO2/c1-11-7-8-3-5-9(6-4-8)10(12)13-2/h8-9,11H,3-7H2,1-2H3/t8-,9-. The third kappa shape index (κ3) is 2.99. The van der Waals surface area contributed by atoms with E-state index in [1.54, 1.807) is 0 Å². The predicted octanol–water partition coefficient (Wildman–Crippen LogP) is 1.19. The average molecular weight is 185 g/mol. The molecule has 1 saturated carbocycles. The quantitative estimate of drug-likeness (QED) is 0.671. The molecule has 0 aromatic rings. The highest BCUT2D eigenvalue weighted by molar-refractivity contribution is 5.72. The van der Waals surface area contributed by atoms with E-state index in [0.717, 1.165) is 38.1 Å². The normalized spacial score (nSPS) is 28.5. The van der Waals surface area contributed by atoms with Crippen LogP contribution < -0.4 is 5.32 Å². The van der Waals surface area contributed by atoms with Crippen molar-refractivity contribution >= 4 is 5.97 Å². The smallest absolute Gasteiger partial charge is 0.308 e. The van der Waals surface area contributed by atoms with Gasteiger partial charge in [0.25, 0.3) is 0 Å². The van der Waals surface area contributed by atoms with Crippen molar-refractivity contribution < 1.29 is 9.53 Å². The van der Waals surface area contributed by atoms with Gasteiger partial charge in [0.2, 0.25) is 0 Å². The third-order valence-corrected chi connectivity index (χ3v) is 2.87. The van der Waals surface area contributed by atoms with Crippen LogP contribution in [0.25, 0.3) is 0 Å². The lowest BCUT2D eigenvalue weighted by molar-refractivity contribution is -0.146. The van der Waals surface area contributed by atoms with Crippen LogP contribution in [0.3, 0.4) is 0 Å². The molecular formula is C10H19NO2. The fourth-order valence-electron chi connectivity index (χ4n) is 2.06. The Hall–Kier alpha value is -0.570. The highest BCUT2D eigenvalue weighted by Crippen LogP contribution is 2.28. The number of hydrogen-bond donors (Lipinski definition) is 1. The lowest BCUT2D eigenvalue weighted by Crippen LogP contribution is -2.27. The van der Waals surface area contributed by atoms with Crippen molar-refractivity contribution in [3.8, 4) is 0 Å². The fourth-order valence-corrected chi connectivity index (χ4v) is 2.06. The van der Waals surface area contributed by atoms with Gasteiger partial charge in [0, 0.05) is 0 Å². The summed E-state index contributed by atoms with van der Waals surface area (Å²) in [6, 6.07) is 0. The molecule has 3 heteroatoms. The minimum atomic E-state index is -0.0251. The Morgan fingerprint density at radius 3 is 2.46 bits per heavy atom. The number of carbonyl (C=O) groups is 1. The lowest BCUT2D eigenvalue weighted by atomic mass is 9.82. The first-order valence-corrected chi connectivity index (χ1v) is 5.00. The molecular weight excluding hydrogens is 166 g/mol. The topological polar surface area (TPSA) is 38.3 Å². The van der Waals surface area contributed by atoms with E-state index in [9.17, 15) is 4.79 Å². The SMILES string of the molecule is CNC[C@H]1CC[C@H](C(=O)OC)CC1. The summed E-state index contributed by atoms with van der Waals surface area (Å²) < 4.78 is 4.73. The summed E-state index contributed by atoms with van der Waals surface area (Å²) in [5.41, 5.74) is 0. The van der Waals surface area contributed by atoms with Crippen LogP contribution in [0.2, 0.25) is 0 Å². The molecule has 0 spiro atoms. The van der Waals surface area contributed by atoms with Crippen molar-refractivity contribution in [2.75, 3.05) is 20.7 Å². The molecule has 0 aromatic heterocycles. The molecule has 0 amide bonds. The number of methoxy groups -OCH3 is 1. The summed E-state index contributed by atoms with van der Waals surface area (Å²) in [4.78, 5) is 11.2. The van der Waals surface area contributed by atoms with E-state index in [2.05, 4.69) is 5.32 Å². The Balaban J connectivity index is 2.26. The second-order valence-corrected chi connectivity index (χ2v) is 3.80. The van der Waals surface area contributed by atoms with Gasteiger partial charge in [-0.15, -0.1) is 0 Å². The van der Waals surface area contributed by atoms with Gasteiger partial charge >= 0.3 is 5.97 Å². The van der Waals surface area contributed by atoms with Crippen molar-refractivity contribution in [2.45, 2.75) is 25.7 Å². The van der Waals surface area contributed by atoms with E-state index in [0.29, 0.717) is 0 Å². The van der Waals surface area contributed by atoms with Gasteiger partial charge in [0.1, 0.15) is 0 Å². The maximum atomic E-state index is 11.2. The predicted molar refractivity (Wildman–Crippen MR) is 51.4 cm³/mol. The summed E-state index contributed by atoms with van der Waals surface area (Å²) in [6.07, 6.45) is 4.30. The van der Waals surface area contributed by atoms with Gasteiger partial charge < -0.3 is 10.1 Å². The van der Waals surface area contributed by atoms with Crippen LogP contribution in [0.15, 0.2) is 0 Å². The van der Waals surface area contributed by atoms with Gasteiger partial charge in [0.05, 0.1) is 13.0 Å². The average Bonchev–Trinajstić information content (AvgIpc) is 2.18. The van der Waals surface area contributed by atoms with Gasteiger partial charge in [-0.05, 0) is 45.2 Å². The van der Waals surface area contributed by atoms with Gasteiger partial charge in [-0.3, -0.25) is 4.79 Å². The minimum Gasteiger partial charge on any atom is -0.469 e. The molecule has 0 aliphatic heterocycles. The molecule has 0 aromatic carbocycles. The summed E-state index contributed by atoms with van der Waals surface area (Å²) in [5.74, 6) is 0.895. The molecule has 13 heavy (non-hydrogen) atoms. The molecule has 0 unspecified atom stereocenters. The van der Waals surface area contributed by atoms with Gasteiger partial charge in [-0.25, -0.2) is 0 Å². The van der Waals surface area contributed by atoms with E-state index < -0.39 is 0 Å². The summed E-state index contributed by atoms with van der Waals surface area (Å²) in [5, 5.41) is 3.18. The van der Waals surface area contributed by atoms with Gasteiger partial charge in [-0.1, -0.05) is 0 Å². The Morgan fingerprint density at radius 1 is 1.38 bits per heavy atom. The largest absolute Gasteiger partial charge is 0.469 e. The zero-order valence-electron chi connectivity index (χ0n) is 8.51. The minimum absolute atomic E-state index is 0.0251. The molecule has 0 heterocycles. The first kappa shape index (κ1) is 10.5. The highest BCUT2D eigenvalue weighted by atomic mass is 16.5. The molecule has 1 aliphatic rings. The van der Waals surface area contributed by atoms with E-state index in [1.807, 2.05) is 7.05 Å². The molecule has 1 rings (SSSR count). The van der Waals surface area contributed by atoms with Crippen molar-refractivity contribution in [3.05, 3.63) is 0 Å². The van der Waals surface area contributed by atoms with Crippen LogP contribution in [-0.2, 0) is 9.53 Å². The van der Waals surface area contributed by atoms with Crippen LogP contribution in [0.1, 0.15) is 25.7 Å². The zero-order chi connectivity index (χ0) is 9.68. The van der Waals surface area contributed by atoms with E-state index in [-0.39, 0.29) is 11.9 Å². The number of esters is 1. The Kier molecular flexibility index (Phi) is 4.22. The third-order valence-electron chi connectivity index (χ3n) is 2.87. The number of ether oxygens (including phenoxy) is 1. The summed E-state index contributed by atoms with van der Waals surface area (Å²) >= 11 is 0. The monoisotopic (exact) mass is 185 g/mol. The van der Waals surface area contributed by atoms with Crippen LogP contribution in [-0.4, -0.2) is 26.7 Å². The molecule has 1 fully saturated rings. The Labute approximate surface area is 79.8 Å². The van der Waals surface area contributed by atoms with Crippen molar-refractivity contribution in [3.63, 3.8) is 0 Å². The van der Waals surface area contributed by atoms with Crippen molar-refractivity contribution in [1.82, 2.24) is 5.32 Å². The molecule has 76 valence electrons. The van der Waals surface area contributed by atoms with E-state index >= 15 is 0 Å². The first-order chi connectivity index (χ1) is 6.27. The number of hydrogen-bond acceptors (Lipinski definition) is 3. The van der Waals surface area contributed by atoms with Crippen LogP contribution >= 0.6 is 0 Å². The molecule has 1 aliphatic carbocycles. The van der Waals surface area contributed by atoms with Gasteiger partial charge in [0.15, 0.2) is 0 Å². The van der Waals surface area contributed by atoms with Crippen LogP contribution in [0.5, 0.6) is 0 Å². The highest BCUT2D eigenvalue weighted by Gasteiger charge is 2.26. The summed E-state index contributed by atoms with van der Waals surface area (Å²) in [7, 11) is 3.45. The Bertz CT molecular complexity index is 162. The lowest BCUT2D eigenvalue weighted by Gasteiger charge is -2.26. The first-order valence-electron chi connectivity index (χ1n) is 5.00. The Morgan fingerprint density at radius 2 is 2.00 bits per heavy atom. The second kappa shape index (κ2) is 5.22. The maximum Gasteiger partial charge on any atom is 0.308 e. The second-order valence-electron chi connectivity index (χ2n) is 3.80. The van der Waals surface area contributed by atoms with Crippen molar-refractivity contribution in [1.29, 1.82) is 0 Å². The number of carbonyl (C=O) groups excluding carboxylic acids is 1. The van der Waals surface area contributed by atoms with E-state index in [1.165, 1.54) is 7.11 Å². The maximum absolute atomic E-state index is 11.2. The van der Waals surface area contributed by atoms with E-state index in [4.69, 9.17) is 4.74 Å². The number of nitrogens with one attached hydrogen (secondary N) is 1. The van der Waals surface area contributed by atoms with Crippen molar-refractivity contribution in [2.24, 2.45) is 11.8 Å². The van der Waals surface area contributed by atoms with Crippen LogP contribution in [0, 0.1) is 11.8 Å².